The molecule has 0 aromatic heterocycles. The van der Waals surface area contributed by atoms with Crippen LogP contribution in [0.5, 0.6) is 0 Å². The molecule has 0 fully saturated rings. The van der Waals surface area contributed by atoms with Crippen molar-refractivity contribution < 1.29 is 4.79 Å². The van der Waals surface area contributed by atoms with Crippen LogP contribution in [0.3, 0.4) is 0 Å². The first kappa shape index (κ1) is 10.1. The lowest BCUT2D eigenvalue weighted by molar-refractivity contribution is -0.119. The predicted molar refractivity (Wildman–Crippen MR) is 56.4 cm³/mol. The van der Waals surface area contributed by atoms with Crippen molar-refractivity contribution in [3.8, 4) is 0 Å². The molecule has 3 heteroatoms. The van der Waals surface area contributed by atoms with Gasteiger partial charge in [0.15, 0.2) is 0 Å². The summed E-state index contributed by atoms with van der Waals surface area (Å²) in [4.78, 5) is 11.1. The molecule has 0 aliphatic heterocycles. The van der Waals surface area contributed by atoms with Gasteiger partial charge in [-0.2, -0.15) is 0 Å². The Balaban J connectivity index is 2.31. The number of benzene rings is 1. The average molecular weight is 195 g/mol. The van der Waals surface area contributed by atoms with E-state index in [4.69, 9.17) is 0 Å². The zero-order chi connectivity index (χ0) is 9.52. The van der Waals surface area contributed by atoms with Gasteiger partial charge < -0.3 is 4.72 Å². The van der Waals surface area contributed by atoms with Gasteiger partial charge in [0, 0.05) is 12.7 Å². The Morgan fingerprint density at radius 1 is 1.38 bits per heavy atom. The Morgan fingerprint density at radius 2 is 2.08 bits per heavy atom. The van der Waals surface area contributed by atoms with Gasteiger partial charge in [0.1, 0.15) is 0 Å². The number of hydrogen-bond donors (Lipinski definition) is 1. The molecule has 2 nitrogen and oxygen atoms in total. The Morgan fingerprint density at radius 3 is 2.69 bits per heavy atom. The highest BCUT2D eigenvalue weighted by atomic mass is 32.2. The Hall–Kier alpha value is -0.960. The number of carbonyl (C=O) groups excluding carboxylic acids is 1. The Kier molecular flexibility index (Phi) is 4.40. The Labute approximate surface area is 82.9 Å². The highest BCUT2D eigenvalue weighted by Gasteiger charge is 1.99. The Bertz CT molecular complexity index is 261. The van der Waals surface area contributed by atoms with Gasteiger partial charge in [0.05, 0.1) is 0 Å². The fourth-order valence-electron chi connectivity index (χ4n) is 1.07. The molecule has 70 valence electrons. The molecule has 0 bridgehead atoms. The first-order chi connectivity index (χ1) is 6.33. The summed E-state index contributed by atoms with van der Waals surface area (Å²) >= 11 is 1.35. The number of aryl methyl sites for hydroxylation is 1. The molecule has 0 heterocycles. The molecule has 1 N–H and O–H groups in total. The topological polar surface area (TPSA) is 29.1 Å². The highest BCUT2D eigenvalue weighted by Crippen LogP contribution is 2.02. The van der Waals surface area contributed by atoms with Gasteiger partial charge >= 0.3 is 0 Å². The lowest BCUT2D eigenvalue weighted by atomic mass is 10.1. The van der Waals surface area contributed by atoms with Crippen LogP contribution in [-0.2, 0) is 11.2 Å². The third-order valence-corrected chi connectivity index (χ3v) is 2.13. The molecular weight excluding hydrogens is 182 g/mol. The van der Waals surface area contributed by atoms with Crippen LogP contribution in [0.1, 0.15) is 12.0 Å². The molecule has 1 aromatic rings. The number of hydrogen-bond acceptors (Lipinski definition) is 2. The molecule has 0 spiro atoms. The molecule has 0 aliphatic carbocycles. The van der Waals surface area contributed by atoms with Crippen LogP contribution >= 0.6 is 11.9 Å². The molecular formula is C10H13NOS. The summed E-state index contributed by atoms with van der Waals surface area (Å²) in [6.07, 6.45) is 3.22. The first-order valence-corrected chi connectivity index (χ1v) is 5.41. The van der Waals surface area contributed by atoms with E-state index in [1.165, 1.54) is 17.5 Å². The van der Waals surface area contributed by atoms with Gasteiger partial charge in [-0.1, -0.05) is 42.3 Å². The highest BCUT2D eigenvalue weighted by molar-refractivity contribution is 7.97. The number of nitrogens with one attached hydrogen (secondary N) is 1. The zero-order valence-corrected chi connectivity index (χ0v) is 8.43. The summed E-state index contributed by atoms with van der Waals surface area (Å²) in [5.74, 6) is 0.0938. The van der Waals surface area contributed by atoms with Gasteiger partial charge in [-0.05, 0) is 12.0 Å². The van der Waals surface area contributed by atoms with Crippen molar-refractivity contribution >= 4 is 17.9 Å². The monoisotopic (exact) mass is 195 g/mol. The lowest BCUT2D eigenvalue weighted by Crippen LogP contribution is -2.15. The fraction of sp³-hybridized carbons (Fsp3) is 0.300. The molecule has 1 aromatic carbocycles. The van der Waals surface area contributed by atoms with Crippen LogP contribution in [0.4, 0.5) is 0 Å². The quantitative estimate of drug-likeness (QED) is 0.745. The van der Waals surface area contributed by atoms with E-state index < -0.39 is 0 Å². The maximum atomic E-state index is 11.1. The molecule has 0 aliphatic rings. The summed E-state index contributed by atoms with van der Waals surface area (Å²) in [6, 6.07) is 10.0. The smallest absolute Gasteiger partial charge is 0.230 e. The molecule has 1 amide bonds. The van der Waals surface area contributed by atoms with E-state index in [0.717, 1.165) is 6.42 Å². The van der Waals surface area contributed by atoms with Crippen LogP contribution in [0.2, 0.25) is 0 Å². The van der Waals surface area contributed by atoms with Crippen molar-refractivity contribution in [1.29, 1.82) is 0 Å². The summed E-state index contributed by atoms with van der Waals surface area (Å²) in [5, 5.41) is 0. The van der Waals surface area contributed by atoms with E-state index in [1.54, 1.807) is 0 Å². The predicted octanol–water partition coefficient (Wildman–Crippen LogP) is 2.01. The van der Waals surface area contributed by atoms with E-state index in [-0.39, 0.29) is 5.91 Å². The number of rotatable bonds is 4. The first-order valence-electron chi connectivity index (χ1n) is 4.18. The minimum atomic E-state index is 0.0938. The maximum absolute atomic E-state index is 11.1. The fourth-order valence-corrected chi connectivity index (χ4v) is 1.40. The number of amides is 1. The second-order valence-corrected chi connectivity index (χ2v) is 3.33. The normalized spacial score (nSPS) is 9.62. The molecule has 1 rings (SSSR count). The van der Waals surface area contributed by atoms with E-state index in [0.29, 0.717) is 6.42 Å². The van der Waals surface area contributed by atoms with Gasteiger partial charge in [-0.3, -0.25) is 4.79 Å². The van der Waals surface area contributed by atoms with Crippen LogP contribution in [0.15, 0.2) is 30.3 Å². The maximum Gasteiger partial charge on any atom is 0.230 e. The second-order valence-electron chi connectivity index (χ2n) is 2.71. The van der Waals surface area contributed by atoms with Gasteiger partial charge in [0.25, 0.3) is 0 Å². The van der Waals surface area contributed by atoms with Crippen molar-refractivity contribution in [3.63, 3.8) is 0 Å². The van der Waals surface area contributed by atoms with Crippen LogP contribution in [0.25, 0.3) is 0 Å². The third kappa shape index (κ3) is 3.99. The van der Waals surface area contributed by atoms with E-state index in [1.807, 2.05) is 36.6 Å². The van der Waals surface area contributed by atoms with Crippen molar-refractivity contribution in [2.24, 2.45) is 0 Å². The molecule has 0 atom stereocenters. The third-order valence-electron chi connectivity index (χ3n) is 1.70. The summed E-state index contributed by atoms with van der Waals surface area (Å²) in [7, 11) is 0. The SMILES string of the molecule is CSNC(=O)CCc1ccccc1. The van der Waals surface area contributed by atoms with Gasteiger partial charge in [-0.15, -0.1) is 0 Å². The van der Waals surface area contributed by atoms with E-state index in [2.05, 4.69) is 4.72 Å². The largest absolute Gasteiger partial charge is 0.300 e. The average Bonchev–Trinajstić information content (AvgIpc) is 2.17. The molecule has 0 saturated heterocycles. The minimum Gasteiger partial charge on any atom is -0.300 e. The van der Waals surface area contributed by atoms with Gasteiger partial charge in [0.2, 0.25) is 5.91 Å². The van der Waals surface area contributed by atoms with E-state index >= 15 is 0 Å². The van der Waals surface area contributed by atoms with Gasteiger partial charge in [-0.25, -0.2) is 0 Å². The minimum absolute atomic E-state index is 0.0938. The molecule has 0 saturated carbocycles. The molecule has 0 radical (unpaired) electrons. The molecule has 0 unspecified atom stereocenters. The van der Waals surface area contributed by atoms with Crippen LogP contribution in [0, 0.1) is 0 Å². The van der Waals surface area contributed by atoms with Crippen molar-refractivity contribution in [2.75, 3.05) is 6.26 Å². The van der Waals surface area contributed by atoms with Crippen molar-refractivity contribution in [2.45, 2.75) is 12.8 Å². The summed E-state index contributed by atoms with van der Waals surface area (Å²) in [5.41, 5.74) is 1.21. The second kappa shape index (κ2) is 5.65. The molecule has 13 heavy (non-hydrogen) atoms. The van der Waals surface area contributed by atoms with Crippen molar-refractivity contribution in [1.82, 2.24) is 4.72 Å². The summed E-state index contributed by atoms with van der Waals surface area (Å²) < 4.78 is 2.69. The van der Waals surface area contributed by atoms with Crippen molar-refractivity contribution in [3.05, 3.63) is 35.9 Å². The summed E-state index contributed by atoms with van der Waals surface area (Å²) in [6.45, 7) is 0. The zero-order valence-electron chi connectivity index (χ0n) is 7.62. The van der Waals surface area contributed by atoms with Crippen LogP contribution in [-0.4, -0.2) is 12.2 Å². The van der Waals surface area contributed by atoms with Crippen LogP contribution < -0.4 is 4.72 Å². The number of carbonyl (C=O) groups is 1. The van der Waals surface area contributed by atoms with E-state index in [9.17, 15) is 4.79 Å². The lowest BCUT2D eigenvalue weighted by Gasteiger charge is -2.00. The standard InChI is InChI=1S/C10H13NOS/c1-13-11-10(12)8-7-9-5-3-2-4-6-9/h2-6H,7-8H2,1H3,(H,11,12).